The number of hydrogen-bond donors (Lipinski definition) is 1. The summed E-state index contributed by atoms with van der Waals surface area (Å²) in [6.07, 6.45) is 0. The number of methoxy groups -OCH3 is 1. The summed E-state index contributed by atoms with van der Waals surface area (Å²) in [5.74, 6) is 1.28. The molecular formula is C11H17NO. The average molecular weight is 179 g/mol. The minimum atomic E-state index is 0.188. The van der Waals surface area contributed by atoms with Crippen molar-refractivity contribution in [2.45, 2.75) is 25.8 Å². The summed E-state index contributed by atoms with van der Waals surface area (Å²) < 4.78 is 5.08. The standard InChI is InChI=1S/C11H17NO/c1-8(9(2)12)10-4-6-11(13-3)7-5-10/h4-9H,12H2,1-3H3/t8-,9-/m0/s1. The van der Waals surface area contributed by atoms with Crippen molar-refractivity contribution in [2.75, 3.05) is 7.11 Å². The van der Waals surface area contributed by atoms with E-state index in [1.54, 1.807) is 7.11 Å². The molecule has 1 aromatic carbocycles. The Morgan fingerprint density at radius 2 is 1.69 bits per heavy atom. The smallest absolute Gasteiger partial charge is 0.118 e. The highest BCUT2D eigenvalue weighted by molar-refractivity contribution is 5.29. The van der Waals surface area contributed by atoms with Crippen LogP contribution in [0.1, 0.15) is 25.3 Å². The Labute approximate surface area is 79.7 Å². The molecule has 1 rings (SSSR count). The summed E-state index contributed by atoms with van der Waals surface area (Å²) in [6, 6.07) is 8.25. The Bertz CT molecular complexity index is 253. The van der Waals surface area contributed by atoms with Crippen LogP contribution in [0, 0.1) is 0 Å². The van der Waals surface area contributed by atoms with Crippen LogP contribution in [0.5, 0.6) is 5.75 Å². The lowest BCUT2D eigenvalue weighted by Crippen LogP contribution is -2.22. The molecule has 0 aromatic heterocycles. The predicted octanol–water partition coefficient (Wildman–Crippen LogP) is 2.15. The van der Waals surface area contributed by atoms with Gasteiger partial charge >= 0.3 is 0 Å². The molecule has 2 atom stereocenters. The number of hydrogen-bond acceptors (Lipinski definition) is 2. The molecule has 0 aliphatic rings. The van der Waals surface area contributed by atoms with E-state index in [0.717, 1.165) is 5.75 Å². The molecule has 0 saturated carbocycles. The maximum absolute atomic E-state index is 5.81. The molecule has 0 amide bonds. The van der Waals surface area contributed by atoms with Crippen LogP contribution in [0.15, 0.2) is 24.3 Å². The normalized spacial score (nSPS) is 15.1. The van der Waals surface area contributed by atoms with Crippen molar-refractivity contribution in [3.8, 4) is 5.75 Å². The van der Waals surface area contributed by atoms with Crippen LogP contribution in [0.2, 0.25) is 0 Å². The molecule has 0 fully saturated rings. The minimum Gasteiger partial charge on any atom is -0.497 e. The van der Waals surface area contributed by atoms with E-state index in [0.29, 0.717) is 5.92 Å². The van der Waals surface area contributed by atoms with E-state index >= 15 is 0 Å². The Kier molecular flexibility index (Phi) is 3.32. The van der Waals surface area contributed by atoms with Crippen molar-refractivity contribution in [1.82, 2.24) is 0 Å². The first kappa shape index (κ1) is 10.1. The molecule has 2 heteroatoms. The number of benzene rings is 1. The van der Waals surface area contributed by atoms with E-state index in [1.165, 1.54) is 5.56 Å². The largest absolute Gasteiger partial charge is 0.497 e. The van der Waals surface area contributed by atoms with Crippen molar-refractivity contribution >= 4 is 0 Å². The summed E-state index contributed by atoms with van der Waals surface area (Å²) in [5, 5.41) is 0. The second-order valence-corrected chi connectivity index (χ2v) is 3.42. The highest BCUT2D eigenvalue weighted by Gasteiger charge is 2.09. The lowest BCUT2D eigenvalue weighted by molar-refractivity contribution is 0.414. The molecule has 13 heavy (non-hydrogen) atoms. The quantitative estimate of drug-likeness (QED) is 0.771. The van der Waals surface area contributed by atoms with Gasteiger partial charge < -0.3 is 10.5 Å². The van der Waals surface area contributed by atoms with Gasteiger partial charge in [0.05, 0.1) is 7.11 Å². The summed E-state index contributed by atoms with van der Waals surface area (Å²) in [5.41, 5.74) is 7.07. The fraction of sp³-hybridized carbons (Fsp3) is 0.455. The third kappa shape index (κ3) is 2.46. The average Bonchev–Trinajstić information content (AvgIpc) is 2.17. The molecular weight excluding hydrogens is 162 g/mol. The molecule has 0 heterocycles. The molecule has 2 N–H and O–H groups in total. The van der Waals surface area contributed by atoms with Gasteiger partial charge in [-0.25, -0.2) is 0 Å². The number of nitrogens with two attached hydrogens (primary N) is 1. The zero-order valence-electron chi connectivity index (χ0n) is 8.45. The minimum absolute atomic E-state index is 0.188. The molecule has 0 aliphatic carbocycles. The first-order chi connectivity index (χ1) is 6.15. The van der Waals surface area contributed by atoms with Crippen molar-refractivity contribution in [3.63, 3.8) is 0 Å². The van der Waals surface area contributed by atoms with E-state index in [4.69, 9.17) is 10.5 Å². The van der Waals surface area contributed by atoms with E-state index < -0.39 is 0 Å². The van der Waals surface area contributed by atoms with Gasteiger partial charge in [-0.15, -0.1) is 0 Å². The van der Waals surface area contributed by atoms with Crippen LogP contribution < -0.4 is 10.5 Å². The van der Waals surface area contributed by atoms with Crippen LogP contribution >= 0.6 is 0 Å². The third-order valence-corrected chi connectivity index (χ3v) is 2.43. The summed E-state index contributed by atoms with van der Waals surface area (Å²) in [7, 11) is 1.67. The van der Waals surface area contributed by atoms with E-state index in [9.17, 15) is 0 Å². The Balaban J connectivity index is 2.79. The summed E-state index contributed by atoms with van der Waals surface area (Å²) in [4.78, 5) is 0. The summed E-state index contributed by atoms with van der Waals surface area (Å²) in [6.45, 7) is 4.15. The molecule has 1 aromatic rings. The Morgan fingerprint density at radius 3 is 2.08 bits per heavy atom. The predicted molar refractivity (Wildman–Crippen MR) is 55.1 cm³/mol. The van der Waals surface area contributed by atoms with Gasteiger partial charge in [-0.3, -0.25) is 0 Å². The van der Waals surface area contributed by atoms with Crippen molar-refractivity contribution < 1.29 is 4.74 Å². The van der Waals surface area contributed by atoms with Gasteiger partial charge in [0.25, 0.3) is 0 Å². The van der Waals surface area contributed by atoms with Crippen molar-refractivity contribution in [1.29, 1.82) is 0 Å². The van der Waals surface area contributed by atoms with Gasteiger partial charge in [0, 0.05) is 6.04 Å². The Morgan fingerprint density at radius 1 is 1.15 bits per heavy atom. The SMILES string of the molecule is COc1ccc([C@@H](C)[C@H](C)N)cc1. The second-order valence-electron chi connectivity index (χ2n) is 3.42. The first-order valence-electron chi connectivity index (χ1n) is 4.54. The molecule has 2 nitrogen and oxygen atoms in total. The second kappa shape index (κ2) is 4.28. The summed E-state index contributed by atoms with van der Waals surface area (Å²) >= 11 is 0. The molecule has 0 spiro atoms. The van der Waals surface area contributed by atoms with Crippen LogP contribution in [-0.2, 0) is 0 Å². The fourth-order valence-electron chi connectivity index (χ4n) is 1.21. The van der Waals surface area contributed by atoms with Gasteiger partial charge in [0.15, 0.2) is 0 Å². The Hall–Kier alpha value is -1.02. The lowest BCUT2D eigenvalue weighted by Gasteiger charge is -2.15. The maximum Gasteiger partial charge on any atom is 0.118 e. The number of ether oxygens (including phenoxy) is 1. The van der Waals surface area contributed by atoms with Crippen LogP contribution in [0.3, 0.4) is 0 Å². The van der Waals surface area contributed by atoms with Crippen molar-refractivity contribution in [2.24, 2.45) is 5.73 Å². The molecule has 0 saturated heterocycles. The highest BCUT2D eigenvalue weighted by atomic mass is 16.5. The van der Waals surface area contributed by atoms with Gasteiger partial charge in [-0.05, 0) is 30.5 Å². The van der Waals surface area contributed by atoms with Crippen LogP contribution in [0.4, 0.5) is 0 Å². The topological polar surface area (TPSA) is 35.2 Å². The third-order valence-electron chi connectivity index (χ3n) is 2.43. The molecule has 0 aliphatic heterocycles. The van der Waals surface area contributed by atoms with Gasteiger partial charge in [0.1, 0.15) is 5.75 Å². The van der Waals surface area contributed by atoms with E-state index in [-0.39, 0.29) is 6.04 Å². The zero-order valence-corrected chi connectivity index (χ0v) is 8.45. The van der Waals surface area contributed by atoms with E-state index in [2.05, 4.69) is 19.1 Å². The monoisotopic (exact) mass is 179 g/mol. The van der Waals surface area contributed by atoms with E-state index in [1.807, 2.05) is 19.1 Å². The molecule has 0 unspecified atom stereocenters. The highest BCUT2D eigenvalue weighted by Crippen LogP contribution is 2.20. The molecule has 72 valence electrons. The number of rotatable bonds is 3. The lowest BCUT2D eigenvalue weighted by atomic mass is 9.95. The van der Waals surface area contributed by atoms with Gasteiger partial charge in [0.2, 0.25) is 0 Å². The fourth-order valence-corrected chi connectivity index (χ4v) is 1.21. The van der Waals surface area contributed by atoms with Crippen LogP contribution in [-0.4, -0.2) is 13.2 Å². The first-order valence-corrected chi connectivity index (χ1v) is 4.54. The maximum atomic E-state index is 5.81. The molecule has 0 radical (unpaired) electrons. The molecule has 0 bridgehead atoms. The van der Waals surface area contributed by atoms with Gasteiger partial charge in [-0.1, -0.05) is 19.1 Å². The van der Waals surface area contributed by atoms with Gasteiger partial charge in [-0.2, -0.15) is 0 Å². The van der Waals surface area contributed by atoms with Crippen molar-refractivity contribution in [3.05, 3.63) is 29.8 Å². The van der Waals surface area contributed by atoms with Crippen LogP contribution in [0.25, 0.3) is 0 Å². The zero-order chi connectivity index (χ0) is 9.84.